The van der Waals surface area contributed by atoms with Crippen LogP contribution < -0.4 is 0 Å². The van der Waals surface area contributed by atoms with Crippen LogP contribution in [0.3, 0.4) is 0 Å². The SMILES string of the molecule is CCn1c(C)cc(C(=O)N2CC(C)C(O)(C(C)C)C2)c1C. The number of aliphatic hydroxyl groups is 1. The Morgan fingerprint density at radius 2 is 2.10 bits per heavy atom. The van der Waals surface area contributed by atoms with Crippen molar-refractivity contribution in [1.29, 1.82) is 0 Å². The van der Waals surface area contributed by atoms with Gasteiger partial charge >= 0.3 is 0 Å². The molecule has 0 saturated carbocycles. The number of aryl methyl sites for hydroxylation is 1. The minimum atomic E-state index is -0.772. The fourth-order valence-electron chi connectivity index (χ4n) is 3.60. The lowest BCUT2D eigenvalue weighted by atomic mass is 9.82. The summed E-state index contributed by atoms with van der Waals surface area (Å²) in [6.07, 6.45) is 0. The van der Waals surface area contributed by atoms with Crippen LogP contribution in [0.1, 0.15) is 49.4 Å². The van der Waals surface area contributed by atoms with Gasteiger partial charge in [-0.1, -0.05) is 20.8 Å². The van der Waals surface area contributed by atoms with Gasteiger partial charge < -0.3 is 14.6 Å². The zero-order valence-electron chi connectivity index (χ0n) is 14.1. The molecular weight excluding hydrogens is 264 g/mol. The van der Waals surface area contributed by atoms with E-state index in [4.69, 9.17) is 0 Å². The summed E-state index contributed by atoms with van der Waals surface area (Å²) in [5.74, 6) is 0.302. The molecule has 0 aliphatic carbocycles. The number of nitrogens with zero attached hydrogens (tertiary/aromatic N) is 2. The molecule has 1 saturated heterocycles. The number of amides is 1. The van der Waals surface area contributed by atoms with Crippen LogP contribution in [0.2, 0.25) is 0 Å². The number of β-amino-alcohol motifs (C(OH)–C–C–N with tert-alkyl or cyclic N) is 1. The second-order valence-corrected chi connectivity index (χ2v) is 6.76. The monoisotopic (exact) mass is 292 g/mol. The molecule has 2 atom stereocenters. The first kappa shape index (κ1) is 16.1. The van der Waals surface area contributed by atoms with E-state index in [0.29, 0.717) is 13.1 Å². The van der Waals surface area contributed by atoms with E-state index >= 15 is 0 Å². The van der Waals surface area contributed by atoms with Gasteiger partial charge in [-0.15, -0.1) is 0 Å². The topological polar surface area (TPSA) is 45.5 Å². The lowest BCUT2D eigenvalue weighted by molar-refractivity contribution is -0.0243. The highest BCUT2D eigenvalue weighted by molar-refractivity contribution is 5.96. The Labute approximate surface area is 127 Å². The van der Waals surface area contributed by atoms with Crippen molar-refractivity contribution in [3.8, 4) is 0 Å². The van der Waals surface area contributed by atoms with E-state index < -0.39 is 5.60 Å². The fraction of sp³-hybridized carbons (Fsp3) is 0.706. The third-order valence-electron chi connectivity index (χ3n) is 5.20. The van der Waals surface area contributed by atoms with Crippen LogP contribution in [0, 0.1) is 25.7 Å². The molecule has 4 heteroatoms. The molecule has 1 aromatic heterocycles. The Kier molecular flexibility index (Phi) is 4.20. The minimum Gasteiger partial charge on any atom is -0.387 e. The number of carbonyl (C=O) groups excluding carboxylic acids is 1. The van der Waals surface area contributed by atoms with Gasteiger partial charge in [-0.25, -0.2) is 0 Å². The van der Waals surface area contributed by atoms with Gasteiger partial charge in [0.15, 0.2) is 0 Å². The number of rotatable bonds is 3. The van der Waals surface area contributed by atoms with E-state index in [1.807, 2.05) is 45.6 Å². The molecule has 1 aliphatic heterocycles. The minimum absolute atomic E-state index is 0.0474. The lowest BCUT2D eigenvalue weighted by Crippen LogP contribution is -2.43. The maximum absolute atomic E-state index is 12.8. The average Bonchev–Trinajstić information content (AvgIpc) is 2.88. The Hall–Kier alpha value is -1.29. The van der Waals surface area contributed by atoms with Crippen LogP contribution >= 0.6 is 0 Å². The summed E-state index contributed by atoms with van der Waals surface area (Å²) in [4.78, 5) is 14.6. The lowest BCUT2D eigenvalue weighted by Gasteiger charge is -2.31. The molecule has 1 N–H and O–H groups in total. The Balaban J connectivity index is 2.27. The number of carbonyl (C=O) groups is 1. The molecule has 21 heavy (non-hydrogen) atoms. The van der Waals surface area contributed by atoms with Gasteiger partial charge in [-0.3, -0.25) is 4.79 Å². The van der Waals surface area contributed by atoms with Crippen molar-refractivity contribution in [3.05, 3.63) is 23.0 Å². The molecule has 2 rings (SSSR count). The largest absolute Gasteiger partial charge is 0.387 e. The van der Waals surface area contributed by atoms with Crippen molar-refractivity contribution in [2.75, 3.05) is 13.1 Å². The van der Waals surface area contributed by atoms with Crippen molar-refractivity contribution in [1.82, 2.24) is 9.47 Å². The maximum Gasteiger partial charge on any atom is 0.255 e. The molecule has 0 aromatic carbocycles. The highest BCUT2D eigenvalue weighted by Crippen LogP contribution is 2.34. The van der Waals surface area contributed by atoms with E-state index in [1.165, 1.54) is 0 Å². The summed E-state index contributed by atoms with van der Waals surface area (Å²) < 4.78 is 2.15. The molecule has 1 fully saturated rings. The summed E-state index contributed by atoms with van der Waals surface area (Å²) in [5, 5.41) is 10.8. The molecule has 0 bridgehead atoms. The van der Waals surface area contributed by atoms with E-state index in [9.17, 15) is 9.90 Å². The molecule has 118 valence electrons. The zero-order valence-corrected chi connectivity index (χ0v) is 14.1. The molecule has 1 aromatic rings. The van der Waals surface area contributed by atoms with E-state index in [2.05, 4.69) is 11.5 Å². The van der Waals surface area contributed by atoms with Gasteiger partial charge in [-0.05, 0) is 32.8 Å². The first-order valence-electron chi connectivity index (χ1n) is 7.90. The highest BCUT2D eigenvalue weighted by Gasteiger charge is 2.46. The van der Waals surface area contributed by atoms with Crippen molar-refractivity contribution in [2.45, 2.75) is 53.7 Å². The van der Waals surface area contributed by atoms with Gasteiger partial charge in [0.05, 0.1) is 17.7 Å². The second kappa shape index (κ2) is 5.48. The number of hydrogen-bond acceptors (Lipinski definition) is 2. The smallest absolute Gasteiger partial charge is 0.255 e. The highest BCUT2D eigenvalue weighted by atomic mass is 16.3. The third kappa shape index (κ3) is 2.50. The summed E-state index contributed by atoms with van der Waals surface area (Å²) in [5.41, 5.74) is 2.14. The van der Waals surface area contributed by atoms with Crippen LogP contribution in [0.25, 0.3) is 0 Å². The Morgan fingerprint density at radius 1 is 1.48 bits per heavy atom. The first-order valence-corrected chi connectivity index (χ1v) is 7.90. The standard InChI is InChI=1S/C17H28N2O2/c1-7-19-13(5)8-15(14(19)6)16(20)18-9-12(4)17(21,10-18)11(2)3/h8,11-12,21H,7,9-10H2,1-6H3. The Morgan fingerprint density at radius 3 is 2.52 bits per heavy atom. The predicted octanol–water partition coefficient (Wildman–Crippen LogP) is 2.60. The van der Waals surface area contributed by atoms with Crippen molar-refractivity contribution < 1.29 is 9.90 Å². The maximum atomic E-state index is 12.8. The van der Waals surface area contributed by atoms with Crippen LogP contribution in [-0.2, 0) is 6.54 Å². The predicted molar refractivity (Wildman–Crippen MR) is 84.4 cm³/mol. The molecule has 1 amide bonds. The normalized spacial score (nSPS) is 25.9. The number of likely N-dealkylation sites (tertiary alicyclic amines) is 1. The van der Waals surface area contributed by atoms with Crippen LogP contribution in [0.4, 0.5) is 0 Å². The van der Waals surface area contributed by atoms with Gasteiger partial charge in [0.1, 0.15) is 0 Å². The molecule has 0 spiro atoms. The summed E-state index contributed by atoms with van der Waals surface area (Å²) in [7, 11) is 0. The van der Waals surface area contributed by atoms with Crippen LogP contribution in [-0.4, -0.2) is 39.2 Å². The quantitative estimate of drug-likeness (QED) is 0.931. The molecule has 2 unspecified atom stereocenters. The molecular formula is C17H28N2O2. The summed E-state index contributed by atoms with van der Waals surface area (Å²) in [6, 6.07) is 1.97. The van der Waals surface area contributed by atoms with Crippen molar-refractivity contribution in [2.24, 2.45) is 11.8 Å². The first-order chi connectivity index (χ1) is 9.72. The fourth-order valence-corrected chi connectivity index (χ4v) is 3.60. The summed E-state index contributed by atoms with van der Waals surface area (Å²) >= 11 is 0. The Bertz CT molecular complexity index is 547. The van der Waals surface area contributed by atoms with Gasteiger partial charge in [0.25, 0.3) is 5.91 Å². The van der Waals surface area contributed by atoms with Gasteiger partial charge in [-0.2, -0.15) is 0 Å². The van der Waals surface area contributed by atoms with Crippen molar-refractivity contribution in [3.63, 3.8) is 0 Å². The third-order valence-corrected chi connectivity index (χ3v) is 5.20. The van der Waals surface area contributed by atoms with Crippen molar-refractivity contribution >= 4 is 5.91 Å². The molecule has 0 radical (unpaired) electrons. The summed E-state index contributed by atoms with van der Waals surface area (Å²) in [6.45, 7) is 14.1. The van der Waals surface area contributed by atoms with Gasteiger partial charge in [0, 0.05) is 30.4 Å². The van der Waals surface area contributed by atoms with Gasteiger partial charge in [0.2, 0.25) is 0 Å². The van der Waals surface area contributed by atoms with Crippen LogP contribution in [0.15, 0.2) is 6.07 Å². The zero-order chi connectivity index (χ0) is 15.9. The van der Waals surface area contributed by atoms with E-state index in [0.717, 1.165) is 23.5 Å². The second-order valence-electron chi connectivity index (χ2n) is 6.76. The van der Waals surface area contributed by atoms with E-state index in [1.54, 1.807) is 0 Å². The van der Waals surface area contributed by atoms with Crippen LogP contribution in [0.5, 0.6) is 0 Å². The molecule has 2 heterocycles. The number of aromatic nitrogens is 1. The molecule has 1 aliphatic rings. The number of hydrogen-bond donors (Lipinski definition) is 1. The van der Waals surface area contributed by atoms with E-state index in [-0.39, 0.29) is 17.7 Å². The average molecular weight is 292 g/mol. The molecule has 4 nitrogen and oxygen atoms in total.